The first-order valence-corrected chi connectivity index (χ1v) is 7.55. The molecule has 1 N–H and O–H groups in total. The lowest BCUT2D eigenvalue weighted by atomic mass is 9.84. The summed E-state index contributed by atoms with van der Waals surface area (Å²) in [5, 5.41) is 3.72. The van der Waals surface area contributed by atoms with Gasteiger partial charge in [-0.3, -0.25) is 4.90 Å². The molecular formula is C15H30N2. The Hall–Kier alpha value is -0.0800. The number of hydrogen-bond acceptors (Lipinski definition) is 2. The zero-order valence-corrected chi connectivity index (χ0v) is 12.1. The number of rotatable bonds is 2. The van der Waals surface area contributed by atoms with E-state index in [4.69, 9.17) is 0 Å². The average molecular weight is 238 g/mol. The van der Waals surface area contributed by atoms with Crippen LogP contribution in [0.1, 0.15) is 47.0 Å². The van der Waals surface area contributed by atoms with Gasteiger partial charge in [0, 0.05) is 25.2 Å². The predicted octanol–water partition coefficient (Wildman–Crippen LogP) is 2.74. The first kappa shape index (κ1) is 13.4. The fourth-order valence-electron chi connectivity index (χ4n) is 3.68. The van der Waals surface area contributed by atoms with Gasteiger partial charge in [-0.15, -0.1) is 0 Å². The van der Waals surface area contributed by atoms with E-state index in [9.17, 15) is 0 Å². The second-order valence-electron chi connectivity index (χ2n) is 6.69. The molecule has 0 aromatic carbocycles. The Balaban J connectivity index is 1.92. The molecule has 2 aliphatic heterocycles. The molecule has 100 valence electrons. The molecule has 0 bridgehead atoms. The highest BCUT2D eigenvalue weighted by Crippen LogP contribution is 2.28. The third-order valence-electron chi connectivity index (χ3n) is 5.08. The van der Waals surface area contributed by atoms with Crippen LogP contribution in [0, 0.1) is 17.8 Å². The van der Waals surface area contributed by atoms with E-state index in [2.05, 4.69) is 37.9 Å². The zero-order valence-electron chi connectivity index (χ0n) is 12.1. The van der Waals surface area contributed by atoms with E-state index >= 15 is 0 Å². The molecule has 5 unspecified atom stereocenters. The van der Waals surface area contributed by atoms with Gasteiger partial charge in [-0.25, -0.2) is 0 Å². The van der Waals surface area contributed by atoms with E-state index in [0.29, 0.717) is 0 Å². The van der Waals surface area contributed by atoms with Gasteiger partial charge in [-0.1, -0.05) is 20.8 Å². The van der Waals surface area contributed by atoms with E-state index < -0.39 is 0 Å². The molecule has 2 nitrogen and oxygen atoms in total. The summed E-state index contributed by atoms with van der Waals surface area (Å²) in [4.78, 5) is 2.73. The highest BCUT2D eigenvalue weighted by atomic mass is 15.2. The molecule has 0 radical (unpaired) electrons. The van der Waals surface area contributed by atoms with Crippen molar-refractivity contribution in [2.24, 2.45) is 17.8 Å². The molecule has 2 aliphatic rings. The number of hydrogen-bond donors (Lipinski definition) is 1. The molecule has 2 saturated heterocycles. The maximum absolute atomic E-state index is 3.72. The van der Waals surface area contributed by atoms with Crippen LogP contribution in [0.2, 0.25) is 0 Å². The van der Waals surface area contributed by atoms with Crippen LogP contribution < -0.4 is 5.32 Å². The third kappa shape index (κ3) is 3.23. The van der Waals surface area contributed by atoms with Crippen LogP contribution in [0.5, 0.6) is 0 Å². The van der Waals surface area contributed by atoms with Gasteiger partial charge in [-0.05, 0) is 50.5 Å². The maximum atomic E-state index is 3.72. The van der Waals surface area contributed by atoms with Crippen molar-refractivity contribution >= 4 is 0 Å². The minimum absolute atomic E-state index is 0.726. The van der Waals surface area contributed by atoms with Crippen molar-refractivity contribution in [3.63, 3.8) is 0 Å². The molecule has 0 aromatic rings. The van der Waals surface area contributed by atoms with Gasteiger partial charge in [0.25, 0.3) is 0 Å². The number of nitrogens with zero attached hydrogens (tertiary/aromatic N) is 1. The number of nitrogens with one attached hydrogen (secondary N) is 1. The summed E-state index contributed by atoms with van der Waals surface area (Å²) in [7, 11) is 0. The molecule has 2 fully saturated rings. The lowest BCUT2D eigenvalue weighted by Crippen LogP contribution is -2.54. The Morgan fingerprint density at radius 2 is 1.88 bits per heavy atom. The van der Waals surface area contributed by atoms with Gasteiger partial charge in [0.15, 0.2) is 0 Å². The quantitative estimate of drug-likeness (QED) is 0.796. The van der Waals surface area contributed by atoms with Gasteiger partial charge < -0.3 is 5.32 Å². The highest BCUT2D eigenvalue weighted by molar-refractivity contribution is 4.87. The van der Waals surface area contributed by atoms with Crippen molar-refractivity contribution in [3.05, 3.63) is 0 Å². The highest BCUT2D eigenvalue weighted by Gasteiger charge is 2.31. The normalized spacial score (nSPS) is 44.8. The molecule has 0 aromatic heterocycles. The summed E-state index contributed by atoms with van der Waals surface area (Å²) in [6, 6.07) is 1.49. The molecule has 0 amide bonds. The molecule has 0 aliphatic carbocycles. The summed E-state index contributed by atoms with van der Waals surface area (Å²) in [5.41, 5.74) is 0. The van der Waals surface area contributed by atoms with Gasteiger partial charge in [0.2, 0.25) is 0 Å². The summed E-state index contributed by atoms with van der Waals surface area (Å²) in [6.07, 6.45) is 4.18. The summed E-state index contributed by atoms with van der Waals surface area (Å²) in [6.45, 7) is 13.5. The average Bonchev–Trinajstić information content (AvgIpc) is 2.28. The van der Waals surface area contributed by atoms with Crippen molar-refractivity contribution in [1.29, 1.82) is 0 Å². The van der Waals surface area contributed by atoms with Crippen LogP contribution >= 0.6 is 0 Å². The first-order chi connectivity index (χ1) is 8.08. The lowest BCUT2D eigenvalue weighted by Gasteiger charge is -2.44. The van der Waals surface area contributed by atoms with Crippen molar-refractivity contribution in [1.82, 2.24) is 10.2 Å². The van der Waals surface area contributed by atoms with Crippen LogP contribution in [-0.4, -0.2) is 36.6 Å². The van der Waals surface area contributed by atoms with Gasteiger partial charge in [0.1, 0.15) is 0 Å². The van der Waals surface area contributed by atoms with Crippen molar-refractivity contribution in [2.45, 2.75) is 59.0 Å². The van der Waals surface area contributed by atoms with Gasteiger partial charge in [0.05, 0.1) is 0 Å². The number of piperidine rings is 2. The monoisotopic (exact) mass is 238 g/mol. The smallest absolute Gasteiger partial charge is 0.0220 e. The topological polar surface area (TPSA) is 15.3 Å². The maximum Gasteiger partial charge on any atom is 0.0220 e. The van der Waals surface area contributed by atoms with Crippen LogP contribution in [0.3, 0.4) is 0 Å². The molecule has 0 spiro atoms. The third-order valence-corrected chi connectivity index (χ3v) is 5.08. The lowest BCUT2D eigenvalue weighted by molar-refractivity contribution is 0.0595. The zero-order chi connectivity index (χ0) is 12.4. The largest absolute Gasteiger partial charge is 0.312 e. The molecule has 5 atom stereocenters. The first-order valence-electron chi connectivity index (χ1n) is 7.55. The van der Waals surface area contributed by atoms with Crippen LogP contribution in [0.15, 0.2) is 0 Å². The van der Waals surface area contributed by atoms with Gasteiger partial charge >= 0.3 is 0 Å². The van der Waals surface area contributed by atoms with Crippen molar-refractivity contribution in [3.8, 4) is 0 Å². The fourth-order valence-corrected chi connectivity index (χ4v) is 3.68. The fraction of sp³-hybridized carbons (Fsp3) is 1.00. The van der Waals surface area contributed by atoms with Crippen molar-refractivity contribution in [2.75, 3.05) is 19.6 Å². The Kier molecular flexibility index (Phi) is 4.48. The Morgan fingerprint density at radius 1 is 1.12 bits per heavy atom. The summed E-state index contributed by atoms with van der Waals surface area (Å²) >= 11 is 0. The molecule has 0 saturated carbocycles. The van der Waals surface area contributed by atoms with Crippen molar-refractivity contribution < 1.29 is 0 Å². The standard InChI is InChI=1S/C15H30N2/c1-11-8-13(3)14(4)17(9-11)10-15-12(2)6-5-7-16-15/h11-16H,5-10H2,1-4H3. The number of likely N-dealkylation sites (tertiary alicyclic amines) is 1. The second kappa shape index (κ2) is 5.71. The minimum atomic E-state index is 0.726. The Labute approximate surface area is 107 Å². The van der Waals surface area contributed by atoms with Crippen LogP contribution in [0.25, 0.3) is 0 Å². The molecular weight excluding hydrogens is 208 g/mol. The molecule has 2 heterocycles. The van der Waals surface area contributed by atoms with E-state index in [1.807, 2.05) is 0 Å². The van der Waals surface area contributed by atoms with E-state index in [-0.39, 0.29) is 0 Å². The molecule has 2 heteroatoms. The van der Waals surface area contributed by atoms with Gasteiger partial charge in [-0.2, -0.15) is 0 Å². The Morgan fingerprint density at radius 3 is 2.59 bits per heavy atom. The minimum Gasteiger partial charge on any atom is -0.312 e. The summed E-state index contributed by atoms with van der Waals surface area (Å²) < 4.78 is 0. The molecule has 2 rings (SSSR count). The van der Waals surface area contributed by atoms with E-state index in [0.717, 1.165) is 29.8 Å². The van der Waals surface area contributed by atoms with E-state index in [1.165, 1.54) is 38.9 Å². The summed E-state index contributed by atoms with van der Waals surface area (Å²) in [5.74, 6) is 2.58. The van der Waals surface area contributed by atoms with Crippen LogP contribution in [0.4, 0.5) is 0 Å². The van der Waals surface area contributed by atoms with Crippen LogP contribution in [-0.2, 0) is 0 Å². The predicted molar refractivity (Wildman–Crippen MR) is 74.2 cm³/mol. The second-order valence-corrected chi connectivity index (χ2v) is 6.69. The SMILES string of the molecule is CC1CC(C)C(C)N(CC2NCCCC2C)C1. The Bertz CT molecular complexity index is 241. The molecule has 17 heavy (non-hydrogen) atoms. The van der Waals surface area contributed by atoms with E-state index in [1.54, 1.807) is 0 Å².